The maximum Gasteiger partial charge on any atom is 0.573 e. The highest BCUT2D eigenvalue weighted by Gasteiger charge is 2.31. The van der Waals surface area contributed by atoms with Gasteiger partial charge in [0.1, 0.15) is 16.5 Å². The molecule has 0 saturated carbocycles. The SMILES string of the molecule is CN(C(=S)Nc1cccnc1)C1CCN(c2nccc(Oc3ccc(OC(F)(F)F)cc3Cl)c2Cl)CC1. The molecule has 1 fully saturated rings. The highest BCUT2D eigenvalue weighted by atomic mass is 35.5. The Morgan fingerprint density at radius 2 is 1.89 bits per heavy atom. The summed E-state index contributed by atoms with van der Waals surface area (Å²) in [7, 11) is 1.96. The standard InChI is InChI=1S/C24H22Cl2F3N5O2S/c1-33(23(37)32-15-3-2-9-30-14-15)16-7-11-34(12-8-16)22-21(26)20(6-10-31-22)35-19-5-4-17(13-18(19)25)36-24(27,28)29/h2-6,9-10,13-14,16H,7-8,11-12H2,1H3,(H,32,37). The number of hydrogen-bond donors (Lipinski definition) is 1. The molecule has 0 unspecified atom stereocenters. The number of halogens is 5. The summed E-state index contributed by atoms with van der Waals surface area (Å²) in [5.41, 5.74) is 0.826. The van der Waals surface area contributed by atoms with Crippen LogP contribution in [0.1, 0.15) is 12.8 Å². The average molecular weight is 572 g/mol. The van der Waals surface area contributed by atoms with Crippen LogP contribution in [-0.4, -0.2) is 52.5 Å². The van der Waals surface area contributed by atoms with E-state index in [1.165, 1.54) is 6.07 Å². The van der Waals surface area contributed by atoms with Crippen LogP contribution in [0.25, 0.3) is 0 Å². The number of thiocarbonyl (C=S) groups is 1. The second-order valence-electron chi connectivity index (χ2n) is 8.19. The first-order chi connectivity index (χ1) is 17.6. The number of hydrogen-bond acceptors (Lipinski definition) is 6. The molecule has 2 aromatic heterocycles. The number of ether oxygens (including phenoxy) is 2. The molecule has 1 aliphatic heterocycles. The normalized spacial score (nSPS) is 14.3. The Balaban J connectivity index is 1.38. The van der Waals surface area contributed by atoms with Crippen LogP contribution in [0.2, 0.25) is 10.0 Å². The summed E-state index contributed by atoms with van der Waals surface area (Å²) >= 11 is 18.3. The van der Waals surface area contributed by atoms with E-state index < -0.39 is 12.1 Å². The van der Waals surface area contributed by atoms with Crippen molar-refractivity contribution < 1.29 is 22.6 Å². The molecule has 0 spiro atoms. The van der Waals surface area contributed by atoms with Gasteiger partial charge < -0.3 is 24.6 Å². The van der Waals surface area contributed by atoms with Crippen molar-refractivity contribution in [1.29, 1.82) is 0 Å². The molecular weight excluding hydrogens is 550 g/mol. The number of nitrogens with zero attached hydrogens (tertiary/aromatic N) is 4. The molecule has 1 saturated heterocycles. The van der Waals surface area contributed by atoms with Crippen LogP contribution >= 0.6 is 35.4 Å². The van der Waals surface area contributed by atoms with E-state index in [-0.39, 0.29) is 27.6 Å². The van der Waals surface area contributed by atoms with Crippen molar-refractivity contribution in [2.45, 2.75) is 25.2 Å². The summed E-state index contributed by atoms with van der Waals surface area (Å²) in [6, 6.07) is 8.94. The third kappa shape index (κ3) is 7.06. The van der Waals surface area contributed by atoms with Crippen molar-refractivity contribution in [3.8, 4) is 17.2 Å². The monoisotopic (exact) mass is 571 g/mol. The molecule has 1 N–H and O–H groups in total. The van der Waals surface area contributed by atoms with Crippen molar-refractivity contribution in [3.05, 3.63) is 65.0 Å². The molecule has 0 aliphatic carbocycles. The Morgan fingerprint density at radius 3 is 2.54 bits per heavy atom. The van der Waals surface area contributed by atoms with E-state index >= 15 is 0 Å². The van der Waals surface area contributed by atoms with Crippen LogP contribution in [0.15, 0.2) is 55.0 Å². The lowest BCUT2D eigenvalue weighted by Gasteiger charge is -2.38. The fraction of sp³-hybridized carbons (Fsp3) is 0.292. The summed E-state index contributed by atoms with van der Waals surface area (Å²) in [6.07, 6.45) is 1.78. The third-order valence-corrected chi connectivity index (χ3v) is 6.78. The van der Waals surface area contributed by atoms with E-state index in [4.69, 9.17) is 40.2 Å². The van der Waals surface area contributed by atoms with Crippen LogP contribution in [0, 0.1) is 0 Å². The molecule has 0 bridgehead atoms. The first kappa shape index (κ1) is 27.0. The van der Waals surface area contributed by atoms with Gasteiger partial charge in [0, 0.05) is 50.7 Å². The molecule has 196 valence electrons. The molecule has 0 atom stereocenters. The minimum Gasteiger partial charge on any atom is -0.454 e. The number of alkyl halides is 3. The molecule has 0 amide bonds. The smallest absolute Gasteiger partial charge is 0.454 e. The van der Waals surface area contributed by atoms with Crippen LogP contribution in [0.5, 0.6) is 17.2 Å². The number of piperidine rings is 1. The van der Waals surface area contributed by atoms with Crippen LogP contribution in [0.3, 0.4) is 0 Å². The summed E-state index contributed by atoms with van der Waals surface area (Å²) in [5, 5.41) is 4.02. The summed E-state index contributed by atoms with van der Waals surface area (Å²) in [6.45, 7) is 1.37. The Kier molecular flexibility index (Phi) is 8.46. The molecule has 7 nitrogen and oxygen atoms in total. The molecule has 0 radical (unpaired) electrons. The molecule has 1 aromatic carbocycles. The van der Waals surface area contributed by atoms with Gasteiger partial charge in [-0.15, -0.1) is 13.2 Å². The predicted octanol–water partition coefficient (Wildman–Crippen LogP) is 6.77. The first-order valence-electron chi connectivity index (χ1n) is 11.2. The van der Waals surface area contributed by atoms with Crippen molar-refractivity contribution >= 4 is 52.0 Å². The van der Waals surface area contributed by atoms with E-state index in [1.807, 2.05) is 24.1 Å². The van der Waals surface area contributed by atoms with E-state index in [0.29, 0.717) is 24.0 Å². The number of pyridine rings is 2. The number of rotatable bonds is 6. The Hall–Kier alpha value is -3.02. The highest BCUT2D eigenvalue weighted by molar-refractivity contribution is 7.80. The first-order valence-corrected chi connectivity index (χ1v) is 12.3. The number of nitrogens with one attached hydrogen (secondary N) is 1. The van der Waals surface area contributed by atoms with Crippen LogP contribution in [-0.2, 0) is 0 Å². The van der Waals surface area contributed by atoms with Crippen molar-refractivity contribution in [2.75, 3.05) is 30.4 Å². The van der Waals surface area contributed by atoms with Crippen LogP contribution < -0.4 is 19.7 Å². The molecular formula is C24H22Cl2F3N5O2S. The number of benzene rings is 1. The second kappa shape index (κ2) is 11.6. The zero-order valence-electron chi connectivity index (χ0n) is 19.5. The van der Waals surface area contributed by atoms with Gasteiger partial charge in [-0.05, 0) is 49.3 Å². The molecule has 1 aliphatic rings. The molecule has 4 rings (SSSR count). The fourth-order valence-electron chi connectivity index (χ4n) is 3.87. The minimum absolute atomic E-state index is 0.0594. The van der Waals surface area contributed by atoms with Gasteiger partial charge in [-0.2, -0.15) is 0 Å². The fourth-order valence-corrected chi connectivity index (χ4v) is 4.62. The number of aromatic nitrogens is 2. The van der Waals surface area contributed by atoms with Gasteiger partial charge in [0.15, 0.2) is 16.7 Å². The van der Waals surface area contributed by atoms with Gasteiger partial charge >= 0.3 is 6.36 Å². The second-order valence-corrected chi connectivity index (χ2v) is 9.36. The summed E-state index contributed by atoms with van der Waals surface area (Å²) in [5.74, 6) is 0.503. The Labute approximate surface area is 227 Å². The number of anilines is 2. The highest BCUT2D eigenvalue weighted by Crippen LogP contribution is 2.40. The largest absolute Gasteiger partial charge is 0.573 e. The Morgan fingerprint density at radius 1 is 1.14 bits per heavy atom. The summed E-state index contributed by atoms with van der Waals surface area (Å²) in [4.78, 5) is 12.6. The zero-order valence-corrected chi connectivity index (χ0v) is 21.8. The average Bonchev–Trinajstić information content (AvgIpc) is 2.86. The van der Waals surface area contributed by atoms with Gasteiger partial charge in [-0.1, -0.05) is 23.2 Å². The summed E-state index contributed by atoms with van der Waals surface area (Å²) < 4.78 is 47.0. The lowest BCUT2D eigenvalue weighted by molar-refractivity contribution is -0.274. The molecule has 3 heterocycles. The maximum atomic E-state index is 12.5. The third-order valence-electron chi connectivity index (χ3n) is 5.74. The topological polar surface area (TPSA) is 62.8 Å². The maximum absolute atomic E-state index is 12.5. The van der Waals surface area contributed by atoms with Gasteiger partial charge in [0.05, 0.1) is 16.9 Å². The van der Waals surface area contributed by atoms with Crippen molar-refractivity contribution in [2.24, 2.45) is 0 Å². The lowest BCUT2D eigenvalue weighted by Crippen LogP contribution is -2.47. The zero-order chi connectivity index (χ0) is 26.6. The van der Waals surface area contributed by atoms with Crippen LogP contribution in [0.4, 0.5) is 24.7 Å². The van der Waals surface area contributed by atoms with E-state index in [2.05, 4.69) is 24.9 Å². The van der Waals surface area contributed by atoms with Gasteiger partial charge in [0.2, 0.25) is 0 Å². The quantitative estimate of drug-likeness (QED) is 0.325. The molecule has 13 heteroatoms. The van der Waals surface area contributed by atoms with Crippen molar-refractivity contribution in [3.63, 3.8) is 0 Å². The van der Waals surface area contributed by atoms with E-state index in [0.717, 1.165) is 30.7 Å². The van der Waals surface area contributed by atoms with Gasteiger partial charge in [-0.3, -0.25) is 4.98 Å². The Bertz CT molecular complexity index is 1240. The molecule has 3 aromatic rings. The van der Waals surface area contributed by atoms with E-state index in [9.17, 15) is 13.2 Å². The van der Waals surface area contributed by atoms with Gasteiger partial charge in [0.25, 0.3) is 0 Å². The molecule has 37 heavy (non-hydrogen) atoms. The van der Waals surface area contributed by atoms with E-state index in [1.54, 1.807) is 24.7 Å². The van der Waals surface area contributed by atoms with Crippen molar-refractivity contribution in [1.82, 2.24) is 14.9 Å². The minimum atomic E-state index is -4.82. The van der Waals surface area contributed by atoms with Gasteiger partial charge in [-0.25, -0.2) is 4.98 Å². The predicted molar refractivity (Wildman–Crippen MR) is 141 cm³/mol. The lowest BCUT2D eigenvalue weighted by atomic mass is 10.0.